The molecule has 2 fully saturated rings. The lowest BCUT2D eigenvalue weighted by Gasteiger charge is -2.24. The maximum atomic E-state index is 11.0. The molecule has 2 saturated heterocycles. The molecule has 0 aliphatic carbocycles. The highest BCUT2D eigenvalue weighted by Crippen LogP contribution is 2.25. The second-order valence-electron chi connectivity index (χ2n) is 3.25. The highest BCUT2D eigenvalue weighted by atomic mass is 16.7. The quantitative estimate of drug-likeness (QED) is 0.542. The number of rotatable bonds is 0. The summed E-state index contributed by atoms with van der Waals surface area (Å²) in [6.45, 7) is 2.39. The van der Waals surface area contributed by atoms with Crippen LogP contribution >= 0.6 is 0 Å². The van der Waals surface area contributed by atoms with E-state index in [1.807, 2.05) is 0 Å². The van der Waals surface area contributed by atoms with Crippen molar-refractivity contribution >= 4 is 5.78 Å². The smallest absolute Gasteiger partial charge is 0.181 e. The third-order valence-corrected chi connectivity index (χ3v) is 2.31. The van der Waals surface area contributed by atoms with Gasteiger partial charge in [-0.25, -0.2) is 0 Å². The molecule has 12 heavy (non-hydrogen) atoms. The van der Waals surface area contributed by atoms with Crippen LogP contribution in [0.2, 0.25) is 0 Å². The normalized spacial score (nSPS) is 29.2. The van der Waals surface area contributed by atoms with E-state index >= 15 is 0 Å². The van der Waals surface area contributed by atoms with Crippen molar-refractivity contribution in [2.24, 2.45) is 0 Å². The van der Waals surface area contributed by atoms with E-state index in [0.717, 1.165) is 0 Å². The first kappa shape index (κ1) is 8.16. The summed E-state index contributed by atoms with van der Waals surface area (Å²) >= 11 is 0. The van der Waals surface area contributed by atoms with Gasteiger partial charge >= 0.3 is 0 Å². The highest BCUT2D eigenvalue weighted by Gasteiger charge is 2.37. The molecule has 2 aliphatic heterocycles. The van der Waals surface area contributed by atoms with Crippen LogP contribution in [0, 0.1) is 0 Å². The van der Waals surface area contributed by atoms with Crippen molar-refractivity contribution in [1.82, 2.24) is 5.32 Å². The van der Waals surface area contributed by atoms with E-state index in [2.05, 4.69) is 5.32 Å². The average molecular weight is 171 g/mol. The second-order valence-corrected chi connectivity index (χ2v) is 3.25. The van der Waals surface area contributed by atoms with Crippen molar-refractivity contribution in [2.45, 2.75) is 18.6 Å². The number of ether oxygens (including phenoxy) is 2. The first-order valence-corrected chi connectivity index (χ1v) is 4.31. The Morgan fingerprint density at radius 1 is 1.33 bits per heavy atom. The largest absolute Gasteiger partial charge is 0.346 e. The molecule has 4 nitrogen and oxygen atoms in total. The summed E-state index contributed by atoms with van der Waals surface area (Å²) in [6, 6.07) is 0. The van der Waals surface area contributed by atoms with Gasteiger partial charge in [0.2, 0.25) is 0 Å². The van der Waals surface area contributed by atoms with Crippen LogP contribution in [0.4, 0.5) is 0 Å². The molecule has 1 spiro atoms. The third kappa shape index (κ3) is 1.50. The molecule has 0 aromatic carbocycles. The number of carbonyl (C=O) groups excluding carboxylic acids is 1. The number of hydrogen-bond donors (Lipinski definition) is 1. The zero-order valence-corrected chi connectivity index (χ0v) is 6.97. The Bertz CT molecular complexity index is 187. The summed E-state index contributed by atoms with van der Waals surface area (Å²) in [5.41, 5.74) is 0. The molecule has 68 valence electrons. The van der Waals surface area contributed by atoms with Gasteiger partial charge in [-0.05, 0) is 0 Å². The van der Waals surface area contributed by atoms with Gasteiger partial charge in [-0.3, -0.25) is 4.79 Å². The standard InChI is InChI=1S/C8H13NO3/c10-7-1-2-8(6-9-5-7)11-3-4-12-8/h9H,1-6H2. The van der Waals surface area contributed by atoms with Gasteiger partial charge in [0, 0.05) is 12.8 Å². The lowest BCUT2D eigenvalue weighted by Crippen LogP contribution is -2.40. The fourth-order valence-electron chi connectivity index (χ4n) is 1.64. The molecule has 0 atom stereocenters. The van der Waals surface area contributed by atoms with E-state index in [1.54, 1.807) is 0 Å². The molecule has 0 unspecified atom stereocenters. The van der Waals surface area contributed by atoms with Crippen molar-refractivity contribution < 1.29 is 14.3 Å². The fourth-order valence-corrected chi connectivity index (χ4v) is 1.64. The molecular formula is C8H13NO3. The van der Waals surface area contributed by atoms with Crippen molar-refractivity contribution in [3.63, 3.8) is 0 Å². The topological polar surface area (TPSA) is 47.6 Å². The number of carbonyl (C=O) groups is 1. The Morgan fingerprint density at radius 3 is 2.83 bits per heavy atom. The number of hydrogen-bond acceptors (Lipinski definition) is 4. The Kier molecular flexibility index (Phi) is 2.12. The average Bonchev–Trinajstić information content (AvgIpc) is 2.42. The molecule has 0 radical (unpaired) electrons. The first-order valence-electron chi connectivity index (χ1n) is 4.31. The van der Waals surface area contributed by atoms with Crippen LogP contribution in [0.5, 0.6) is 0 Å². The molecule has 4 heteroatoms. The predicted octanol–water partition coefficient (Wildman–Crippen LogP) is -0.318. The van der Waals surface area contributed by atoms with Crippen molar-refractivity contribution in [1.29, 1.82) is 0 Å². The van der Waals surface area contributed by atoms with Crippen LogP contribution < -0.4 is 5.32 Å². The van der Waals surface area contributed by atoms with E-state index in [1.165, 1.54) is 0 Å². The third-order valence-electron chi connectivity index (χ3n) is 2.31. The Morgan fingerprint density at radius 2 is 2.08 bits per heavy atom. The van der Waals surface area contributed by atoms with E-state index < -0.39 is 5.79 Å². The van der Waals surface area contributed by atoms with Gasteiger partial charge in [-0.1, -0.05) is 0 Å². The molecule has 2 heterocycles. The van der Waals surface area contributed by atoms with E-state index in [0.29, 0.717) is 39.1 Å². The Hall–Kier alpha value is -0.450. The summed E-state index contributed by atoms with van der Waals surface area (Å²) in [6.07, 6.45) is 1.26. The van der Waals surface area contributed by atoms with Crippen LogP contribution in [-0.4, -0.2) is 37.9 Å². The summed E-state index contributed by atoms with van der Waals surface area (Å²) in [5.74, 6) is -0.252. The summed E-state index contributed by atoms with van der Waals surface area (Å²) in [7, 11) is 0. The predicted molar refractivity (Wildman–Crippen MR) is 41.7 cm³/mol. The van der Waals surface area contributed by atoms with E-state index in [4.69, 9.17) is 9.47 Å². The highest BCUT2D eigenvalue weighted by molar-refractivity contribution is 5.80. The molecule has 0 saturated carbocycles. The molecule has 0 aromatic heterocycles. The van der Waals surface area contributed by atoms with Gasteiger partial charge < -0.3 is 14.8 Å². The van der Waals surface area contributed by atoms with Crippen molar-refractivity contribution in [3.05, 3.63) is 0 Å². The zero-order valence-electron chi connectivity index (χ0n) is 6.97. The Labute approximate surface area is 71.2 Å². The minimum Gasteiger partial charge on any atom is -0.346 e. The summed E-state index contributed by atoms with van der Waals surface area (Å²) < 4.78 is 10.9. The van der Waals surface area contributed by atoms with Gasteiger partial charge in [0.05, 0.1) is 26.3 Å². The number of ketones is 1. The van der Waals surface area contributed by atoms with Crippen LogP contribution in [0.3, 0.4) is 0 Å². The van der Waals surface area contributed by atoms with Crippen LogP contribution in [0.25, 0.3) is 0 Å². The van der Waals surface area contributed by atoms with Crippen molar-refractivity contribution in [3.8, 4) is 0 Å². The first-order chi connectivity index (χ1) is 5.81. The summed E-state index contributed by atoms with van der Waals surface area (Å²) in [4.78, 5) is 11.0. The lowest BCUT2D eigenvalue weighted by atomic mass is 10.1. The van der Waals surface area contributed by atoms with Gasteiger partial charge in [0.25, 0.3) is 0 Å². The van der Waals surface area contributed by atoms with Crippen LogP contribution in [0.15, 0.2) is 0 Å². The van der Waals surface area contributed by atoms with Gasteiger partial charge in [-0.15, -0.1) is 0 Å². The lowest BCUT2D eigenvalue weighted by molar-refractivity contribution is -0.156. The van der Waals surface area contributed by atoms with Crippen LogP contribution in [-0.2, 0) is 14.3 Å². The molecule has 0 aromatic rings. The minimum atomic E-state index is -0.494. The Balaban J connectivity index is 2.01. The van der Waals surface area contributed by atoms with Crippen LogP contribution in [0.1, 0.15) is 12.8 Å². The summed E-state index contributed by atoms with van der Waals surface area (Å²) in [5, 5.41) is 3.03. The van der Waals surface area contributed by atoms with E-state index in [9.17, 15) is 4.79 Å². The molecule has 2 rings (SSSR count). The number of Topliss-reactive ketones (excluding diaryl/α,β-unsaturated/α-hetero) is 1. The molecule has 0 bridgehead atoms. The maximum absolute atomic E-state index is 11.0. The van der Waals surface area contributed by atoms with Gasteiger partial charge in [0.15, 0.2) is 5.79 Å². The minimum absolute atomic E-state index is 0.242. The molecular weight excluding hydrogens is 158 g/mol. The monoisotopic (exact) mass is 171 g/mol. The second kappa shape index (κ2) is 3.12. The van der Waals surface area contributed by atoms with E-state index in [-0.39, 0.29) is 5.78 Å². The van der Waals surface area contributed by atoms with Crippen molar-refractivity contribution in [2.75, 3.05) is 26.3 Å². The van der Waals surface area contributed by atoms with Gasteiger partial charge in [0.1, 0.15) is 5.78 Å². The maximum Gasteiger partial charge on any atom is 0.181 e. The van der Waals surface area contributed by atoms with Gasteiger partial charge in [-0.2, -0.15) is 0 Å². The number of nitrogens with one attached hydrogen (secondary N) is 1. The molecule has 2 aliphatic rings. The molecule has 0 amide bonds. The SMILES string of the molecule is O=C1CCC2(CNC1)OCCO2. The fraction of sp³-hybridized carbons (Fsp3) is 0.875. The zero-order chi connectivity index (χ0) is 8.44. The molecule has 1 N–H and O–H groups in total.